The Morgan fingerprint density at radius 2 is 1.77 bits per heavy atom. The van der Waals surface area contributed by atoms with Gasteiger partial charge in [0.05, 0.1) is 12.6 Å². The number of aliphatic hydroxyl groups is 1. The topological polar surface area (TPSA) is 108 Å². The molecule has 0 unspecified atom stereocenters. The number of nitrogens with one attached hydrogen (secondary N) is 2. The van der Waals surface area contributed by atoms with E-state index in [1.54, 1.807) is 18.2 Å². The zero-order valence-electron chi connectivity index (χ0n) is 14.0. The Kier molecular flexibility index (Phi) is 7.35. The minimum atomic E-state index is -0.623. The molecule has 2 aromatic rings. The molecule has 7 nitrogen and oxygen atoms in total. The highest BCUT2D eigenvalue weighted by molar-refractivity contribution is 5.93. The van der Waals surface area contributed by atoms with Crippen LogP contribution in [0, 0.1) is 0 Å². The second-order valence-corrected chi connectivity index (χ2v) is 5.41. The first-order valence-corrected chi connectivity index (χ1v) is 7.94. The van der Waals surface area contributed by atoms with Crippen LogP contribution >= 0.6 is 0 Å². The van der Waals surface area contributed by atoms with Crippen molar-refractivity contribution < 1.29 is 24.6 Å². The predicted octanol–water partition coefficient (Wildman–Crippen LogP) is 1.37. The lowest BCUT2D eigenvalue weighted by Gasteiger charge is -2.16. The summed E-state index contributed by atoms with van der Waals surface area (Å²) in [6.07, 6.45) is 3.07. The first-order valence-electron chi connectivity index (χ1n) is 7.94. The van der Waals surface area contributed by atoms with E-state index in [9.17, 15) is 14.7 Å². The van der Waals surface area contributed by atoms with Gasteiger partial charge in [-0.3, -0.25) is 14.8 Å². The van der Waals surface area contributed by atoms with E-state index < -0.39 is 11.9 Å². The SMILES string of the molecule is O=C(/C=C/c1ccccc1)N[C@@H](CO)COc1ccc(C(=O)NO)cc1. The number of rotatable bonds is 8. The summed E-state index contributed by atoms with van der Waals surface area (Å²) in [7, 11) is 0. The van der Waals surface area contributed by atoms with E-state index in [4.69, 9.17) is 9.94 Å². The van der Waals surface area contributed by atoms with E-state index >= 15 is 0 Å². The molecule has 0 aliphatic rings. The van der Waals surface area contributed by atoms with Gasteiger partial charge in [0, 0.05) is 11.6 Å². The highest BCUT2D eigenvalue weighted by atomic mass is 16.5. The van der Waals surface area contributed by atoms with Crippen molar-refractivity contribution in [3.63, 3.8) is 0 Å². The van der Waals surface area contributed by atoms with E-state index in [1.165, 1.54) is 23.7 Å². The average molecular weight is 356 g/mol. The Hall–Kier alpha value is -3.16. The first kappa shape index (κ1) is 19.2. The van der Waals surface area contributed by atoms with Crippen LogP contribution in [-0.2, 0) is 4.79 Å². The lowest BCUT2D eigenvalue weighted by molar-refractivity contribution is -0.117. The van der Waals surface area contributed by atoms with E-state index in [0.29, 0.717) is 5.75 Å². The van der Waals surface area contributed by atoms with Crippen LogP contribution in [0.1, 0.15) is 15.9 Å². The van der Waals surface area contributed by atoms with Crippen molar-refractivity contribution in [2.75, 3.05) is 13.2 Å². The number of hydrogen-bond donors (Lipinski definition) is 4. The van der Waals surface area contributed by atoms with Gasteiger partial charge in [-0.1, -0.05) is 30.3 Å². The molecule has 0 saturated heterocycles. The Bertz CT molecular complexity index is 744. The van der Waals surface area contributed by atoms with E-state index in [-0.39, 0.29) is 24.7 Å². The predicted molar refractivity (Wildman–Crippen MR) is 95.7 cm³/mol. The quantitative estimate of drug-likeness (QED) is 0.325. The van der Waals surface area contributed by atoms with Crippen molar-refractivity contribution in [1.82, 2.24) is 10.8 Å². The van der Waals surface area contributed by atoms with Crippen molar-refractivity contribution in [3.8, 4) is 5.75 Å². The van der Waals surface area contributed by atoms with Gasteiger partial charge in [-0.2, -0.15) is 0 Å². The highest BCUT2D eigenvalue weighted by Gasteiger charge is 2.11. The van der Waals surface area contributed by atoms with Crippen molar-refractivity contribution in [2.24, 2.45) is 0 Å². The summed E-state index contributed by atoms with van der Waals surface area (Å²) >= 11 is 0. The van der Waals surface area contributed by atoms with Gasteiger partial charge in [-0.25, -0.2) is 5.48 Å². The summed E-state index contributed by atoms with van der Waals surface area (Å²) in [5.41, 5.74) is 2.71. The third-order valence-corrected chi connectivity index (χ3v) is 3.46. The molecule has 7 heteroatoms. The third kappa shape index (κ3) is 6.04. The van der Waals surface area contributed by atoms with Gasteiger partial charge in [0.25, 0.3) is 5.91 Å². The summed E-state index contributed by atoms with van der Waals surface area (Å²) < 4.78 is 5.50. The third-order valence-electron chi connectivity index (χ3n) is 3.46. The van der Waals surface area contributed by atoms with Gasteiger partial charge in [0.15, 0.2) is 0 Å². The molecule has 2 rings (SSSR count). The second-order valence-electron chi connectivity index (χ2n) is 5.41. The smallest absolute Gasteiger partial charge is 0.274 e. The Morgan fingerprint density at radius 3 is 2.38 bits per heavy atom. The fourth-order valence-corrected chi connectivity index (χ4v) is 2.09. The van der Waals surface area contributed by atoms with Crippen molar-refractivity contribution in [1.29, 1.82) is 0 Å². The molecule has 2 amide bonds. The lowest BCUT2D eigenvalue weighted by atomic mass is 10.2. The molecule has 1 atom stereocenters. The molecule has 136 valence electrons. The molecular formula is C19H20N2O5. The molecule has 0 bridgehead atoms. The van der Waals surface area contributed by atoms with Crippen molar-refractivity contribution in [3.05, 3.63) is 71.8 Å². The number of aliphatic hydroxyl groups excluding tert-OH is 1. The Balaban J connectivity index is 1.84. The molecule has 0 aromatic heterocycles. The number of benzene rings is 2. The largest absolute Gasteiger partial charge is 0.491 e. The fraction of sp³-hybridized carbons (Fsp3) is 0.158. The minimum Gasteiger partial charge on any atom is -0.491 e. The number of ether oxygens (including phenoxy) is 1. The van der Waals surface area contributed by atoms with Gasteiger partial charge in [0.1, 0.15) is 12.4 Å². The molecule has 0 aliphatic carbocycles. The number of hydrogen-bond acceptors (Lipinski definition) is 5. The summed E-state index contributed by atoms with van der Waals surface area (Å²) in [6, 6.07) is 14.9. The highest BCUT2D eigenvalue weighted by Crippen LogP contribution is 2.12. The molecule has 4 N–H and O–H groups in total. The van der Waals surface area contributed by atoms with Crippen LogP contribution in [0.2, 0.25) is 0 Å². The number of hydroxylamine groups is 1. The van der Waals surface area contributed by atoms with Crippen LogP contribution in [-0.4, -0.2) is 41.4 Å². The standard InChI is InChI=1S/C19H20N2O5/c22-12-16(20-18(23)11-6-14-4-2-1-3-5-14)13-26-17-9-7-15(8-10-17)19(24)21-25/h1-11,16,22,25H,12-13H2,(H,20,23)(H,21,24)/b11-6+/t16-/m0/s1. The average Bonchev–Trinajstić information content (AvgIpc) is 2.70. The summed E-state index contributed by atoms with van der Waals surface area (Å²) in [4.78, 5) is 23.2. The van der Waals surface area contributed by atoms with Crippen LogP contribution in [0.25, 0.3) is 6.08 Å². The molecule has 2 aromatic carbocycles. The molecule has 0 radical (unpaired) electrons. The van der Waals surface area contributed by atoms with Crippen LogP contribution in [0.15, 0.2) is 60.7 Å². The molecular weight excluding hydrogens is 336 g/mol. The van der Waals surface area contributed by atoms with E-state index in [1.807, 2.05) is 30.3 Å². The molecule has 0 saturated carbocycles. The van der Waals surface area contributed by atoms with Gasteiger partial charge >= 0.3 is 0 Å². The first-order chi connectivity index (χ1) is 12.6. The maximum atomic E-state index is 11.9. The van der Waals surface area contributed by atoms with Gasteiger partial charge in [0.2, 0.25) is 5.91 Å². The van der Waals surface area contributed by atoms with Gasteiger partial charge in [-0.05, 0) is 35.9 Å². The maximum absolute atomic E-state index is 11.9. The zero-order chi connectivity index (χ0) is 18.8. The van der Waals surface area contributed by atoms with Crippen LogP contribution < -0.4 is 15.5 Å². The Labute approximate surface area is 150 Å². The monoisotopic (exact) mass is 356 g/mol. The van der Waals surface area contributed by atoms with Crippen molar-refractivity contribution >= 4 is 17.9 Å². The number of carbonyl (C=O) groups is 2. The van der Waals surface area contributed by atoms with Crippen LogP contribution in [0.3, 0.4) is 0 Å². The Morgan fingerprint density at radius 1 is 1.08 bits per heavy atom. The maximum Gasteiger partial charge on any atom is 0.274 e. The minimum absolute atomic E-state index is 0.0625. The van der Waals surface area contributed by atoms with E-state index in [2.05, 4.69) is 5.32 Å². The fourth-order valence-electron chi connectivity index (χ4n) is 2.09. The van der Waals surface area contributed by atoms with Crippen molar-refractivity contribution in [2.45, 2.75) is 6.04 Å². The summed E-state index contributed by atoms with van der Waals surface area (Å²) in [5, 5.41) is 20.6. The molecule has 0 fully saturated rings. The van der Waals surface area contributed by atoms with Gasteiger partial charge in [-0.15, -0.1) is 0 Å². The van der Waals surface area contributed by atoms with Gasteiger partial charge < -0.3 is 15.2 Å². The van der Waals surface area contributed by atoms with E-state index in [0.717, 1.165) is 5.56 Å². The van der Waals surface area contributed by atoms with Crippen LogP contribution in [0.5, 0.6) is 5.75 Å². The zero-order valence-corrected chi connectivity index (χ0v) is 14.0. The number of carbonyl (C=O) groups excluding carboxylic acids is 2. The second kappa shape index (κ2) is 9.97. The summed E-state index contributed by atoms with van der Waals surface area (Å²) in [5.74, 6) is -0.499. The molecule has 0 aliphatic heterocycles. The number of amides is 2. The summed E-state index contributed by atoms with van der Waals surface area (Å²) in [6.45, 7) is -0.219. The molecule has 26 heavy (non-hydrogen) atoms. The normalized spacial score (nSPS) is 11.8. The molecule has 0 spiro atoms. The lowest BCUT2D eigenvalue weighted by Crippen LogP contribution is -2.40. The van der Waals surface area contributed by atoms with Crippen LogP contribution in [0.4, 0.5) is 0 Å². The molecule has 0 heterocycles.